The molecule has 1 rings (SSSR count). The molecule has 4 heteroatoms. The summed E-state index contributed by atoms with van der Waals surface area (Å²) in [6.07, 6.45) is 0.579. The Morgan fingerprint density at radius 1 is 1.11 bits per heavy atom. The number of ether oxygens (including phenoxy) is 2. The molecule has 1 aromatic carbocycles. The van der Waals surface area contributed by atoms with Crippen molar-refractivity contribution in [2.24, 2.45) is 0 Å². The van der Waals surface area contributed by atoms with E-state index in [9.17, 15) is 5.11 Å². The second-order valence-electron chi connectivity index (χ2n) is 4.07. The van der Waals surface area contributed by atoms with E-state index in [-0.39, 0.29) is 0 Å². The van der Waals surface area contributed by atoms with Crippen molar-refractivity contribution in [2.75, 3.05) is 26.3 Å². The molecule has 0 spiro atoms. The SMILES string of the molecule is CCCNCC(O)COc1ccc(OCC)cc1. The molecular formula is C14H23NO3. The Bertz CT molecular complexity index is 313. The smallest absolute Gasteiger partial charge is 0.119 e. The summed E-state index contributed by atoms with van der Waals surface area (Å²) in [5.74, 6) is 1.57. The second kappa shape index (κ2) is 8.78. The van der Waals surface area contributed by atoms with Crippen molar-refractivity contribution in [1.29, 1.82) is 0 Å². The minimum absolute atomic E-state index is 0.296. The van der Waals surface area contributed by atoms with Crippen molar-refractivity contribution in [3.05, 3.63) is 24.3 Å². The lowest BCUT2D eigenvalue weighted by atomic mass is 10.3. The summed E-state index contributed by atoms with van der Waals surface area (Å²) < 4.78 is 10.8. The molecule has 0 saturated heterocycles. The average molecular weight is 253 g/mol. The molecule has 1 atom stereocenters. The molecule has 0 fully saturated rings. The highest BCUT2D eigenvalue weighted by Gasteiger charge is 2.04. The van der Waals surface area contributed by atoms with Gasteiger partial charge >= 0.3 is 0 Å². The van der Waals surface area contributed by atoms with Crippen molar-refractivity contribution in [3.63, 3.8) is 0 Å². The summed E-state index contributed by atoms with van der Waals surface area (Å²) in [6.45, 7) is 6.47. The van der Waals surface area contributed by atoms with Gasteiger partial charge in [-0.1, -0.05) is 6.92 Å². The van der Waals surface area contributed by atoms with Crippen LogP contribution in [0.3, 0.4) is 0 Å². The fourth-order valence-corrected chi connectivity index (χ4v) is 1.50. The molecule has 4 nitrogen and oxygen atoms in total. The van der Waals surface area contributed by atoms with Gasteiger partial charge in [0.05, 0.1) is 6.61 Å². The predicted molar refractivity (Wildman–Crippen MR) is 72.3 cm³/mol. The third-order valence-corrected chi connectivity index (χ3v) is 2.38. The van der Waals surface area contributed by atoms with Crippen LogP contribution in [0.5, 0.6) is 11.5 Å². The van der Waals surface area contributed by atoms with E-state index in [1.807, 2.05) is 31.2 Å². The number of rotatable bonds is 9. The molecular weight excluding hydrogens is 230 g/mol. The number of hydrogen-bond donors (Lipinski definition) is 2. The van der Waals surface area contributed by atoms with Gasteiger partial charge in [-0.05, 0) is 44.2 Å². The van der Waals surface area contributed by atoms with E-state index in [4.69, 9.17) is 9.47 Å². The lowest BCUT2D eigenvalue weighted by Crippen LogP contribution is -2.31. The van der Waals surface area contributed by atoms with Gasteiger partial charge < -0.3 is 19.9 Å². The van der Waals surface area contributed by atoms with Crippen LogP contribution in [-0.4, -0.2) is 37.5 Å². The molecule has 2 N–H and O–H groups in total. The van der Waals surface area contributed by atoms with E-state index in [0.717, 1.165) is 24.5 Å². The van der Waals surface area contributed by atoms with E-state index in [1.54, 1.807) is 0 Å². The Balaban J connectivity index is 2.25. The van der Waals surface area contributed by atoms with Crippen molar-refractivity contribution in [3.8, 4) is 11.5 Å². The molecule has 1 aromatic rings. The summed E-state index contributed by atoms with van der Waals surface area (Å²) in [5.41, 5.74) is 0. The van der Waals surface area contributed by atoms with Gasteiger partial charge in [0.25, 0.3) is 0 Å². The van der Waals surface area contributed by atoms with Crippen LogP contribution in [0.15, 0.2) is 24.3 Å². The molecule has 102 valence electrons. The Labute approximate surface area is 109 Å². The van der Waals surface area contributed by atoms with E-state index >= 15 is 0 Å². The molecule has 0 heterocycles. The van der Waals surface area contributed by atoms with Crippen LogP contribution in [0.2, 0.25) is 0 Å². The molecule has 0 bridgehead atoms. The van der Waals surface area contributed by atoms with E-state index in [1.165, 1.54) is 0 Å². The third kappa shape index (κ3) is 5.89. The maximum Gasteiger partial charge on any atom is 0.119 e. The van der Waals surface area contributed by atoms with Gasteiger partial charge in [0.1, 0.15) is 24.2 Å². The maximum absolute atomic E-state index is 9.66. The van der Waals surface area contributed by atoms with Crippen LogP contribution >= 0.6 is 0 Å². The number of aliphatic hydroxyl groups excluding tert-OH is 1. The monoisotopic (exact) mass is 253 g/mol. The average Bonchev–Trinajstić information content (AvgIpc) is 2.39. The lowest BCUT2D eigenvalue weighted by Gasteiger charge is -2.13. The topological polar surface area (TPSA) is 50.7 Å². The first-order chi connectivity index (χ1) is 8.76. The molecule has 0 radical (unpaired) electrons. The first-order valence-electron chi connectivity index (χ1n) is 6.50. The van der Waals surface area contributed by atoms with E-state index in [0.29, 0.717) is 19.8 Å². The van der Waals surface area contributed by atoms with Crippen LogP contribution < -0.4 is 14.8 Å². The Morgan fingerprint density at radius 3 is 2.28 bits per heavy atom. The first kappa shape index (κ1) is 14.8. The highest BCUT2D eigenvalue weighted by molar-refractivity contribution is 5.31. The summed E-state index contributed by atoms with van der Waals surface area (Å²) in [6, 6.07) is 7.41. The highest BCUT2D eigenvalue weighted by Crippen LogP contribution is 2.17. The van der Waals surface area contributed by atoms with Crippen molar-refractivity contribution in [1.82, 2.24) is 5.32 Å². The van der Waals surface area contributed by atoms with Crippen LogP contribution in [0.25, 0.3) is 0 Å². The zero-order chi connectivity index (χ0) is 13.2. The summed E-state index contributed by atoms with van der Waals surface area (Å²) in [5, 5.41) is 12.8. The van der Waals surface area contributed by atoms with E-state index in [2.05, 4.69) is 12.2 Å². The molecule has 0 aliphatic rings. The first-order valence-corrected chi connectivity index (χ1v) is 6.50. The van der Waals surface area contributed by atoms with Gasteiger partial charge in [-0.3, -0.25) is 0 Å². The molecule has 18 heavy (non-hydrogen) atoms. The van der Waals surface area contributed by atoms with Crippen molar-refractivity contribution < 1.29 is 14.6 Å². The summed E-state index contributed by atoms with van der Waals surface area (Å²) in [4.78, 5) is 0. The second-order valence-corrected chi connectivity index (χ2v) is 4.07. The van der Waals surface area contributed by atoms with Crippen LogP contribution in [0, 0.1) is 0 Å². The van der Waals surface area contributed by atoms with Crippen LogP contribution in [0.1, 0.15) is 20.3 Å². The normalized spacial score (nSPS) is 12.2. The number of aliphatic hydroxyl groups is 1. The minimum atomic E-state index is -0.483. The highest BCUT2D eigenvalue weighted by atomic mass is 16.5. The van der Waals surface area contributed by atoms with Gasteiger partial charge in [-0.2, -0.15) is 0 Å². The van der Waals surface area contributed by atoms with Crippen molar-refractivity contribution in [2.45, 2.75) is 26.4 Å². The zero-order valence-electron chi connectivity index (χ0n) is 11.2. The summed E-state index contributed by atoms with van der Waals surface area (Å²) >= 11 is 0. The van der Waals surface area contributed by atoms with E-state index < -0.39 is 6.10 Å². The lowest BCUT2D eigenvalue weighted by molar-refractivity contribution is 0.106. The molecule has 1 unspecified atom stereocenters. The standard InChI is InChI=1S/C14H23NO3/c1-3-9-15-10-12(16)11-18-14-7-5-13(6-8-14)17-4-2/h5-8,12,15-16H,3-4,9-11H2,1-2H3. The number of benzene rings is 1. The van der Waals surface area contributed by atoms with Crippen LogP contribution in [-0.2, 0) is 0 Å². The molecule has 0 aromatic heterocycles. The molecule has 0 aliphatic heterocycles. The van der Waals surface area contributed by atoms with Crippen molar-refractivity contribution >= 4 is 0 Å². The predicted octanol–water partition coefficient (Wildman–Crippen LogP) is 1.82. The Kier molecular flexibility index (Phi) is 7.22. The zero-order valence-corrected chi connectivity index (χ0v) is 11.2. The Morgan fingerprint density at radius 2 is 1.72 bits per heavy atom. The van der Waals surface area contributed by atoms with Gasteiger partial charge in [0.2, 0.25) is 0 Å². The molecule has 0 saturated carbocycles. The molecule has 0 amide bonds. The quantitative estimate of drug-likeness (QED) is 0.659. The Hall–Kier alpha value is -1.26. The minimum Gasteiger partial charge on any atom is -0.494 e. The fraction of sp³-hybridized carbons (Fsp3) is 0.571. The van der Waals surface area contributed by atoms with Gasteiger partial charge in [0, 0.05) is 6.54 Å². The van der Waals surface area contributed by atoms with Gasteiger partial charge in [-0.15, -0.1) is 0 Å². The van der Waals surface area contributed by atoms with Gasteiger partial charge in [-0.25, -0.2) is 0 Å². The van der Waals surface area contributed by atoms with Crippen LogP contribution in [0.4, 0.5) is 0 Å². The largest absolute Gasteiger partial charge is 0.494 e. The van der Waals surface area contributed by atoms with Gasteiger partial charge in [0.15, 0.2) is 0 Å². The number of hydrogen-bond acceptors (Lipinski definition) is 4. The number of nitrogens with one attached hydrogen (secondary N) is 1. The molecule has 0 aliphatic carbocycles. The summed E-state index contributed by atoms with van der Waals surface area (Å²) in [7, 11) is 0. The third-order valence-electron chi connectivity index (χ3n) is 2.38. The maximum atomic E-state index is 9.66. The fourth-order valence-electron chi connectivity index (χ4n) is 1.50.